The van der Waals surface area contributed by atoms with Crippen molar-refractivity contribution in [1.29, 1.82) is 0 Å². The summed E-state index contributed by atoms with van der Waals surface area (Å²) in [7, 11) is 1.63. The van der Waals surface area contributed by atoms with E-state index < -0.39 is 0 Å². The Balaban J connectivity index is 1.84. The zero-order valence-electron chi connectivity index (χ0n) is 11.9. The van der Waals surface area contributed by atoms with Crippen LogP contribution in [-0.2, 0) is 0 Å². The number of anilines is 4. The van der Waals surface area contributed by atoms with Crippen LogP contribution >= 0.6 is 0 Å². The highest BCUT2D eigenvalue weighted by Gasteiger charge is 2.16. The lowest BCUT2D eigenvalue weighted by Crippen LogP contribution is -2.21. The summed E-state index contributed by atoms with van der Waals surface area (Å²) >= 11 is 0. The van der Waals surface area contributed by atoms with Crippen molar-refractivity contribution in [2.75, 3.05) is 36.1 Å². The van der Waals surface area contributed by atoms with Gasteiger partial charge in [0.2, 0.25) is 17.8 Å². The van der Waals surface area contributed by atoms with Crippen molar-refractivity contribution in [2.24, 2.45) is 0 Å². The van der Waals surface area contributed by atoms with Crippen molar-refractivity contribution in [1.82, 2.24) is 15.0 Å². The first-order valence-corrected chi connectivity index (χ1v) is 6.92. The Morgan fingerprint density at radius 2 is 2.00 bits per heavy atom. The molecule has 1 saturated heterocycles. The Labute approximate surface area is 123 Å². The number of aromatic nitrogens is 3. The first-order chi connectivity index (χ1) is 10.2. The van der Waals surface area contributed by atoms with Gasteiger partial charge in [-0.1, -0.05) is 6.07 Å². The van der Waals surface area contributed by atoms with Crippen molar-refractivity contribution in [3.63, 3.8) is 0 Å². The molecule has 2 heterocycles. The third-order valence-electron chi connectivity index (χ3n) is 3.36. The van der Waals surface area contributed by atoms with Crippen LogP contribution in [0.3, 0.4) is 0 Å². The molecule has 0 saturated carbocycles. The molecule has 3 N–H and O–H groups in total. The molecule has 7 heteroatoms. The predicted octanol–water partition coefficient (Wildman–Crippen LogP) is 1.81. The number of rotatable bonds is 4. The Morgan fingerprint density at radius 1 is 1.19 bits per heavy atom. The van der Waals surface area contributed by atoms with Gasteiger partial charge in [-0.05, 0) is 25.0 Å². The fraction of sp³-hybridized carbons (Fsp3) is 0.357. The number of nitrogens with one attached hydrogen (secondary N) is 1. The van der Waals surface area contributed by atoms with Gasteiger partial charge in [0.15, 0.2) is 0 Å². The van der Waals surface area contributed by atoms with Gasteiger partial charge in [-0.3, -0.25) is 0 Å². The molecule has 1 aliphatic rings. The van der Waals surface area contributed by atoms with Crippen LogP contribution in [0.5, 0.6) is 5.75 Å². The number of hydrogen-bond acceptors (Lipinski definition) is 7. The van der Waals surface area contributed by atoms with Gasteiger partial charge in [-0.2, -0.15) is 15.0 Å². The smallest absolute Gasteiger partial charge is 0.233 e. The van der Waals surface area contributed by atoms with E-state index in [0.717, 1.165) is 37.4 Å². The quantitative estimate of drug-likeness (QED) is 0.885. The lowest BCUT2D eigenvalue weighted by atomic mass is 10.3. The number of benzene rings is 1. The topological polar surface area (TPSA) is 89.2 Å². The SMILES string of the molecule is COc1cccc(Nc2nc(N)nc(N3CCCC3)n2)c1. The Morgan fingerprint density at radius 3 is 2.76 bits per heavy atom. The molecule has 0 unspecified atom stereocenters. The molecule has 1 aliphatic heterocycles. The molecule has 21 heavy (non-hydrogen) atoms. The van der Waals surface area contributed by atoms with Gasteiger partial charge in [0, 0.05) is 24.8 Å². The van der Waals surface area contributed by atoms with Crippen LogP contribution < -0.4 is 20.7 Å². The van der Waals surface area contributed by atoms with E-state index in [1.165, 1.54) is 0 Å². The molecule has 0 radical (unpaired) electrons. The Kier molecular flexibility index (Phi) is 3.72. The van der Waals surface area contributed by atoms with E-state index in [9.17, 15) is 0 Å². The molecule has 1 fully saturated rings. The molecule has 3 rings (SSSR count). The molecule has 0 aliphatic carbocycles. The molecule has 2 aromatic rings. The highest BCUT2D eigenvalue weighted by atomic mass is 16.5. The van der Waals surface area contributed by atoms with Crippen LogP contribution in [0.2, 0.25) is 0 Å². The summed E-state index contributed by atoms with van der Waals surface area (Å²) in [6.45, 7) is 1.92. The lowest BCUT2D eigenvalue weighted by Gasteiger charge is -2.16. The van der Waals surface area contributed by atoms with Gasteiger partial charge in [0.1, 0.15) is 5.75 Å². The van der Waals surface area contributed by atoms with E-state index in [-0.39, 0.29) is 5.95 Å². The standard InChI is InChI=1S/C14H18N6O/c1-21-11-6-4-5-10(9-11)16-13-17-12(15)18-14(19-13)20-7-2-3-8-20/h4-6,9H,2-3,7-8H2,1H3,(H3,15,16,17,18,19). The minimum absolute atomic E-state index is 0.220. The van der Waals surface area contributed by atoms with Gasteiger partial charge in [0.25, 0.3) is 0 Å². The highest BCUT2D eigenvalue weighted by molar-refractivity contribution is 5.57. The van der Waals surface area contributed by atoms with Gasteiger partial charge in [-0.25, -0.2) is 0 Å². The van der Waals surface area contributed by atoms with Gasteiger partial charge in [0.05, 0.1) is 7.11 Å². The van der Waals surface area contributed by atoms with Crippen molar-refractivity contribution in [3.05, 3.63) is 24.3 Å². The average Bonchev–Trinajstić information content (AvgIpc) is 3.01. The van der Waals surface area contributed by atoms with Gasteiger partial charge in [-0.15, -0.1) is 0 Å². The van der Waals surface area contributed by atoms with Crippen LogP contribution in [0.15, 0.2) is 24.3 Å². The largest absolute Gasteiger partial charge is 0.497 e. The maximum atomic E-state index is 5.78. The summed E-state index contributed by atoms with van der Waals surface area (Å²) in [6, 6.07) is 7.56. The second-order valence-corrected chi connectivity index (χ2v) is 4.87. The third kappa shape index (κ3) is 3.13. The number of nitrogen functional groups attached to an aromatic ring is 1. The second-order valence-electron chi connectivity index (χ2n) is 4.87. The molecular weight excluding hydrogens is 268 g/mol. The number of nitrogens with zero attached hydrogens (tertiary/aromatic N) is 4. The molecular formula is C14H18N6O. The van der Waals surface area contributed by atoms with Crippen molar-refractivity contribution in [3.8, 4) is 5.75 Å². The molecule has 0 spiro atoms. The summed E-state index contributed by atoms with van der Waals surface area (Å²) in [5, 5.41) is 3.13. The minimum atomic E-state index is 0.220. The van der Waals surface area contributed by atoms with E-state index in [4.69, 9.17) is 10.5 Å². The van der Waals surface area contributed by atoms with Crippen LogP contribution in [-0.4, -0.2) is 35.2 Å². The average molecular weight is 286 g/mol. The highest BCUT2D eigenvalue weighted by Crippen LogP contribution is 2.22. The summed E-state index contributed by atoms with van der Waals surface area (Å²) in [6.07, 6.45) is 2.31. The van der Waals surface area contributed by atoms with Crippen molar-refractivity contribution in [2.45, 2.75) is 12.8 Å². The van der Waals surface area contributed by atoms with Crippen LogP contribution in [0.4, 0.5) is 23.5 Å². The van der Waals surface area contributed by atoms with Crippen LogP contribution in [0.1, 0.15) is 12.8 Å². The monoisotopic (exact) mass is 286 g/mol. The molecule has 0 amide bonds. The number of ether oxygens (including phenoxy) is 1. The summed E-state index contributed by atoms with van der Waals surface area (Å²) in [5.74, 6) is 2.06. The van der Waals surface area contributed by atoms with Crippen molar-refractivity contribution < 1.29 is 4.74 Å². The molecule has 1 aromatic heterocycles. The van der Waals surface area contributed by atoms with E-state index >= 15 is 0 Å². The van der Waals surface area contributed by atoms with Crippen molar-refractivity contribution >= 4 is 23.5 Å². The summed E-state index contributed by atoms with van der Waals surface area (Å²) < 4.78 is 5.20. The van der Waals surface area contributed by atoms with E-state index in [2.05, 4.69) is 25.2 Å². The summed E-state index contributed by atoms with van der Waals surface area (Å²) in [4.78, 5) is 14.9. The maximum absolute atomic E-state index is 5.78. The molecule has 1 aromatic carbocycles. The molecule has 7 nitrogen and oxygen atoms in total. The predicted molar refractivity (Wildman–Crippen MR) is 82.0 cm³/mol. The van der Waals surface area contributed by atoms with E-state index in [1.807, 2.05) is 24.3 Å². The lowest BCUT2D eigenvalue weighted by molar-refractivity contribution is 0.415. The molecule has 0 bridgehead atoms. The maximum Gasteiger partial charge on any atom is 0.233 e. The van der Waals surface area contributed by atoms with Gasteiger partial charge < -0.3 is 20.7 Å². The first kappa shape index (κ1) is 13.4. The molecule has 0 atom stereocenters. The zero-order valence-corrected chi connectivity index (χ0v) is 11.9. The fourth-order valence-corrected chi connectivity index (χ4v) is 2.33. The Bertz CT molecular complexity index is 627. The normalized spacial score (nSPS) is 14.2. The second kappa shape index (κ2) is 5.82. The fourth-order valence-electron chi connectivity index (χ4n) is 2.33. The van der Waals surface area contributed by atoms with E-state index in [1.54, 1.807) is 7.11 Å². The van der Waals surface area contributed by atoms with Gasteiger partial charge >= 0.3 is 0 Å². The number of nitrogens with two attached hydrogens (primary N) is 1. The number of methoxy groups -OCH3 is 1. The minimum Gasteiger partial charge on any atom is -0.497 e. The first-order valence-electron chi connectivity index (χ1n) is 6.92. The number of hydrogen-bond donors (Lipinski definition) is 2. The third-order valence-corrected chi connectivity index (χ3v) is 3.36. The Hall–Kier alpha value is -2.57. The van der Waals surface area contributed by atoms with Crippen LogP contribution in [0, 0.1) is 0 Å². The zero-order chi connectivity index (χ0) is 14.7. The molecule has 110 valence electrons. The summed E-state index contributed by atoms with van der Waals surface area (Å²) in [5.41, 5.74) is 6.62. The van der Waals surface area contributed by atoms with Crippen LogP contribution in [0.25, 0.3) is 0 Å². The van der Waals surface area contributed by atoms with E-state index in [0.29, 0.717) is 11.9 Å².